The molecule has 2 N–H and O–H groups in total. The van der Waals surface area contributed by atoms with E-state index in [-0.39, 0.29) is 41.8 Å². The van der Waals surface area contributed by atoms with Crippen LogP contribution in [0.25, 0.3) is 11.3 Å². The van der Waals surface area contributed by atoms with Crippen molar-refractivity contribution in [2.45, 2.75) is 12.5 Å². The Bertz CT molecular complexity index is 1810. The first kappa shape index (κ1) is 32.1. The smallest absolute Gasteiger partial charge is 0.255 e. The van der Waals surface area contributed by atoms with Crippen LogP contribution in [0.15, 0.2) is 73.1 Å². The highest BCUT2D eigenvalue weighted by molar-refractivity contribution is 7.90. The number of aromatic nitrogens is 2. The van der Waals surface area contributed by atoms with Crippen molar-refractivity contribution in [3.8, 4) is 22.8 Å². The molecule has 10 nitrogen and oxygen atoms in total. The Hall–Kier alpha value is -4.26. The molecule has 2 aromatic carbocycles. The molecule has 5 rings (SSSR count). The number of nitrogens with zero attached hydrogens (tertiary/aromatic N) is 4. The number of hydrogen-bond donors (Lipinski definition) is 2. The van der Waals surface area contributed by atoms with Gasteiger partial charge >= 0.3 is 0 Å². The van der Waals surface area contributed by atoms with Crippen molar-refractivity contribution in [2.75, 3.05) is 50.2 Å². The van der Waals surface area contributed by atoms with Crippen LogP contribution >= 0.6 is 11.6 Å². The highest BCUT2D eigenvalue weighted by Gasteiger charge is 2.25. The topological polar surface area (TPSA) is 125 Å². The molecule has 4 aromatic rings. The minimum absolute atomic E-state index is 0.0450. The van der Waals surface area contributed by atoms with Crippen LogP contribution < -0.4 is 15.0 Å². The predicted octanol–water partition coefficient (Wildman–Crippen LogP) is 5.01. The van der Waals surface area contributed by atoms with Crippen molar-refractivity contribution in [3.63, 3.8) is 0 Å². The van der Waals surface area contributed by atoms with Gasteiger partial charge in [-0.3, -0.25) is 19.7 Å². The molecule has 1 aliphatic heterocycles. The normalized spacial score (nSPS) is 13.7. The monoisotopic (exact) mass is 653 g/mol. The summed E-state index contributed by atoms with van der Waals surface area (Å²) in [6.45, 7) is 1.40. The molecular formula is C32H33ClFN5O5S. The Morgan fingerprint density at radius 3 is 2.76 bits per heavy atom. The fourth-order valence-corrected chi connectivity index (χ4v) is 5.95. The van der Waals surface area contributed by atoms with E-state index < -0.39 is 21.6 Å². The maximum Gasteiger partial charge on any atom is 0.255 e. The Kier molecular flexibility index (Phi) is 9.86. The number of anilines is 2. The third-order valence-corrected chi connectivity index (χ3v) is 8.69. The molecule has 45 heavy (non-hydrogen) atoms. The number of phenols is 1. The van der Waals surface area contributed by atoms with Gasteiger partial charge in [-0.05, 0) is 62.0 Å². The number of amides is 1. The fourth-order valence-electron chi connectivity index (χ4n) is 5.16. The van der Waals surface area contributed by atoms with E-state index in [4.69, 9.17) is 16.3 Å². The van der Waals surface area contributed by atoms with E-state index in [2.05, 4.69) is 15.3 Å². The van der Waals surface area contributed by atoms with Crippen LogP contribution in [0.2, 0.25) is 5.02 Å². The van der Waals surface area contributed by atoms with Crippen molar-refractivity contribution in [1.82, 2.24) is 20.2 Å². The van der Waals surface area contributed by atoms with E-state index in [0.29, 0.717) is 47.4 Å². The van der Waals surface area contributed by atoms with Crippen molar-refractivity contribution in [2.24, 2.45) is 0 Å². The third kappa shape index (κ3) is 7.88. The summed E-state index contributed by atoms with van der Waals surface area (Å²) in [6, 6.07) is 15.8. The summed E-state index contributed by atoms with van der Waals surface area (Å²) in [5, 5.41) is 13.3. The van der Waals surface area contributed by atoms with Crippen LogP contribution in [0.3, 0.4) is 0 Å². The van der Waals surface area contributed by atoms with Gasteiger partial charge in [0.15, 0.2) is 5.75 Å². The molecule has 13 heteroatoms. The second-order valence-corrected chi connectivity index (χ2v) is 13.5. The summed E-state index contributed by atoms with van der Waals surface area (Å²) in [5.41, 5.74) is 3.00. The van der Waals surface area contributed by atoms with E-state index in [0.717, 1.165) is 5.69 Å². The average Bonchev–Trinajstić information content (AvgIpc) is 3.02. The second kappa shape index (κ2) is 13.8. The number of hydrogen-bond acceptors (Lipinski definition) is 9. The molecule has 1 unspecified atom stereocenters. The van der Waals surface area contributed by atoms with Gasteiger partial charge in [-0.2, -0.15) is 0 Å². The van der Waals surface area contributed by atoms with Gasteiger partial charge in [0, 0.05) is 41.8 Å². The largest absolute Gasteiger partial charge is 0.507 e. The number of phenolic OH excluding ortho intramolecular Hbond substituents is 1. The molecule has 1 aliphatic rings. The lowest BCUT2D eigenvalue weighted by Gasteiger charge is -2.33. The van der Waals surface area contributed by atoms with Gasteiger partial charge in [-0.25, -0.2) is 12.8 Å². The molecule has 0 fully saturated rings. The molecule has 0 saturated heterocycles. The minimum Gasteiger partial charge on any atom is -0.507 e. The number of sulfone groups is 1. The predicted molar refractivity (Wildman–Crippen MR) is 172 cm³/mol. The van der Waals surface area contributed by atoms with Crippen molar-refractivity contribution in [1.29, 1.82) is 0 Å². The molecule has 1 amide bonds. The minimum atomic E-state index is -3.22. The van der Waals surface area contributed by atoms with E-state index in [9.17, 15) is 22.7 Å². The summed E-state index contributed by atoms with van der Waals surface area (Å²) in [4.78, 5) is 25.7. The van der Waals surface area contributed by atoms with Crippen LogP contribution in [0, 0.1) is 5.82 Å². The quantitative estimate of drug-likeness (QED) is 0.230. The Labute approximate surface area is 266 Å². The van der Waals surface area contributed by atoms with E-state index in [1.54, 1.807) is 30.6 Å². The van der Waals surface area contributed by atoms with Gasteiger partial charge in [-0.15, -0.1) is 0 Å². The lowest BCUT2D eigenvalue weighted by Crippen LogP contribution is -2.34. The lowest BCUT2D eigenvalue weighted by molar-refractivity contribution is 0.0946. The summed E-state index contributed by atoms with van der Waals surface area (Å²) in [7, 11) is -1.41. The zero-order chi connectivity index (χ0) is 32.1. The number of rotatable bonds is 11. The molecule has 0 saturated carbocycles. The number of carbonyl (C=O) groups excluding carboxylic acids is 1. The van der Waals surface area contributed by atoms with Crippen molar-refractivity contribution in [3.05, 3.63) is 95.2 Å². The summed E-state index contributed by atoms with van der Waals surface area (Å²) in [5.74, 6) is -0.488. The Morgan fingerprint density at radius 1 is 1.18 bits per heavy atom. The molecule has 0 aliphatic carbocycles. The number of aromatic hydroxyl groups is 1. The first-order valence-corrected chi connectivity index (χ1v) is 16.7. The number of pyridine rings is 2. The zero-order valence-electron chi connectivity index (χ0n) is 24.8. The van der Waals surface area contributed by atoms with Gasteiger partial charge in [0.1, 0.15) is 28.0 Å². The van der Waals surface area contributed by atoms with Gasteiger partial charge in [0.25, 0.3) is 5.91 Å². The molecule has 3 heterocycles. The van der Waals surface area contributed by atoms with Crippen LogP contribution in [-0.2, 0) is 9.84 Å². The number of halogens is 2. The number of nitrogens with one attached hydrogen (secondary N) is 1. The highest BCUT2D eigenvalue weighted by atomic mass is 35.5. The van der Waals surface area contributed by atoms with Crippen LogP contribution in [0.1, 0.15) is 28.5 Å². The molecule has 1 atom stereocenters. The molecule has 236 valence electrons. The number of ether oxygens (including phenoxy) is 1. The van der Waals surface area contributed by atoms with Crippen LogP contribution in [0.4, 0.5) is 15.8 Å². The molecular weight excluding hydrogens is 621 g/mol. The van der Waals surface area contributed by atoms with Crippen LogP contribution in [-0.4, -0.2) is 79.6 Å². The fraction of sp³-hybridized carbons (Fsp3) is 0.281. The Morgan fingerprint density at radius 2 is 1.98 bits per heavy atom. The second-order valence-electron chi connectivity index (χ2n) is 10.8. The molecule has 0 bridgehead atoms. The van der Waals surface area contributed by atoms with Gasteiger partial charge in [-0.1, -0.05) is 23.7 Å². The third-order valence-electron chi connectivity index (χ3n) is 7.53. The SMILES string of the molecule is CN(CCS(C)(=O)=O)C(CCNC(=O)c1ccccc1O)c1cc(N2CCOc3cnc(-c4cc(Cl)ccc4F)cc32)ccn1. The highest BCUT2D eigenvalue weighted by Crippen LogP contribution is 2.39. The maximum atomic E-state index is 14.7. The molecule has 0 spiro atoms. The molecule has 0 radical (unpaired) electrons. The van der Waals surface area contributed by atoms with E-state index in [1.807, 2.05) is 29.0 Å². The van der Waals surface area contributed by atoms with E-state index in [1.165, 1.54) is 36.6 Å². The van der Waals surface area contributed by atoms with Crippen molar-refractivity contribution < 1.29 is 27.4 Å². The number of fused-ring (bicyclic) bond motifs is 1. The first-order chi connectivity index (χ1) is 21.5. The number of carbonyl (C=O) groups is 1. The standard InChI is InChI=1S/C32H33ClFN5O5S/c1-38(14-16-45(2,42)43)28(10-12-36-32(41)23-5-3-4-6-30(23)40)27-18-22(9-11-35-27)39-13-15-44-31-20-37-26(19-29(31)39)24-17-21(33)7-8-25(24)34/h3-9,11,17-20,28,40H,10,12-16H2,1-2H3,(H,36,41). The van der Waals surface area contributed by atoms with E-state index >= 15 is 0 Å². The molecule has 2 aromatic heterocycles. The number of para-hydroxylation sites is 1. The summed E-state index contributed by atoms with van der Waals surface area (Å²) >= 11 is 6.14. The van der Waals surface area contributed by atoms with Gasteiger partial charge < -0.3 is 20.1 Å². The first-order valence-electron chi connectivity index (χ1n) is 14.3. The van der Waals surface area contributed by atoms with Gasteiger partial charge in [0.2, 0.25) is 0 Å². The lowest BCUT2D eigenvalue weighted by atomic mass is 10.1. The summed E-state index contributed by atoms with van der Waals surface area (Å²) in [6.07, 6.45) is 4.85. The van der Waals surface area contributed by atoms with Crippen molar-refractivity contribution >= 4 is 38.7 Å². The maximum absolute atomic E-state index is 14.7. The van der Waals surface area contributed by atoms with Crippen LogP contribution in [0.5, 0.6) is 11.5 Å². The van der Waals surface area contributed by atoms with Gasteiger partial charge in [0.05, 0.1) is 47.2 Å². The summed E-state index contributed by atoms with van der Waals surface area (Å²) < 4.78 is 44.5. The average molecular weight is 654 g/mol. The number of benzene rings is 2. The zero-order valence-corrected chi connectivity index (χ0v) is 26.4. The Balaban J connectivity index is 1.43.